The molecule has 9 heteroatoms. The number of amides is 2. The predicted octanol–water partition coefficient (Wildman–Crippen LogP) is 7.10. The number of nitrogens with zero attached hydrogens (tertiary/aromatic N) is 1. The maximum absolute atomic E-state index is 12.8. The number of imide groups is 1. The van der Waals surface area contributed by atoms with Crippen molar-refractivity contribution in [2.24, 2.45) is 0 Å². The van der Waals surface area contributed by atoms with E-state index in [0.717, 1.165) is 17.3 Å². The first-order chi connectivity index (χ1) is 15.8. The molecule has 4 rings (SSSR count). The number of ether oxygens (including phenoxy) is 1. The van der Waals surface area contributed by atoms with Crippen molar-refractivity contribution in [1.82, 2.24) is 4.90 Å². The Labute approximate surface area is 208 Å². The summed E-state index contributed by atoms with van der Waals surface area (Å²) in [4.78, 5) is 39.1. The zero-order valence-electron chi connectivity index (χ0n) is 16.8. The average Bonchev–Trinajstić information content (AvgIpc) is 3.02. The summed E-state index contributed by atoms with van der Waals surface area (Å²) in [6.45, 7) is 0.151. The van der Waals surface area contributed by atoms with Crippen LogP contribution in [0.15, 0.2) is 71.6 Å². The molecule has 0 aromatic heterocycles. The summed E-state index contributed by atoms with van der Waals surface area (Å²) in [6, 6.07) is 18.0. The summed E-state index contributed by atoms with van der Waals surface area (Å²) in [7, 11) is 0. The van der Waals surface area contributed by atoms with Gasteiger partial charge in [-0.3, -0.25) is 14.5 Å². The van der Waals surface area contributed by atoms with Crippen molar-refractivity contribution >= 4 is 69.8 Å². The van der Waals surface area contributed by atoms with Gasteiger partial charge < -0.3 is 4.74 Å². The molecule has 5 nitrogen and oxygen atoms in total. The molecule has 1 aliphatic heterocycles. The highest BCUT2D eigenvalue weighted by Crippen LogP contribution is 2.34. The Morgan fingerprint density at radius 2 is 1.67 bits per heavy atom. The molecule has 3 aromatic carbocycles. The number of carbonyl (C=O) groups is 3. The van der Waals surface area contributed by atoms with E-state index in [4.69, 9.17) is 39.5 Å². The van der Waals surface area contributed by atoms with Crippen LogP contribution in [-0.4, -0.2) is 22.0 Å². The molecule has 0 radical (unpaired) electrons. The van der Waals surface area contributed by atoms with Gasteiger partial charge in [0.2, 0.25) is 0 Å². The summed E-state index contributed by atoms with van der Waals surface area (Å²) in [6.07, 6.45) is 1.58. The number of rotatable bonds is 5. The van der Waals surface area contributed by atoms with E-state index in [1.165, 1.54) is 17.0 Å². The molecule has 0 aliphatic carbocycles. The van der Waals surface area contributed by atoms with Crippen LogP contribution < -0.4 is 4.74 Å². The minimum Gasteiger partial charge on any atom is -0.423 e. The van der Waals surface area contributed by atoms with Gasteiger partial charge in [0.15, 0.2) is 0 Å². The number of carbonyl (C=O) groups excluding carboxylic acids is 3. The number of benzene rings is 3. The Bertz CT molecular complexity index is 1290. The molecule has 0 unspecified atom stereocenters. The highest BCUT2D eigenvalue weighted by Gasteiger charge is 2.35. The molecule has 3 aromatic rings. The molecule has 0 N–H and O–H groups in total. The second-order valence-corrected chi connectivity index (χ2v) is 9.25. The molecule has 0 spiro atoms. The second kappa shape index (κ2) is 10.0. The molecule has 0 atom stereocenters. The van der Waals surface area contributed by atoms with Crippen LogP contribution in [0.4, 0.5) is 4.79 Å². The zero-order valence-corrected chi connectivity index (χ0v) is 19.8. The third-order valence-electron chi connectivity index (χ3n) is 4.64. The summed E-state index contributed by atoms with van der Waals surface area (Å²) in [5.74, 6) is -0.771. The van der Waals surface area contributed by atoms with Gasteiger partial charge in [-0.2, -0.15) is 0 Å². The fourth-order valence-corrected chi connectivity index (χ4v) is 4.49. The molecule has 33 heavy (non-hydrogen) atoms. The van der Waals surface area contributed by atoms with Crippen LogP contribution in [0.1, 0.15) is 21.5 Å². The van der Waals surface area contributed by atoms with Gasteiger partial charge in [0.25, 0.3) is 11.1 Å². The normalized spacial score (nSPS) is 14.8. The van der Waals surface area contributed by atoms with Crippen molar-refractivity contribution in [1.29, 1.82) is 0 Å². The maximum atomic E-state index is 12.8. The molecule has 1 heterocycles. The summed E-state index contributed by atoms with van der Waals surface area (Å²) in [5, 5.41) is 0.800. The van der Waals surface area contributed by atoms with E-state index in [-0.39, 0.29) is 33.0 Å². The van der Waals surface area contributed by atoms with E-state index in [9.17, 15) is 14.4 Å². The first kappa shape index (κ1) is 23.4. The van der Waals surface area contributed by atoms with Crippen LogP contribution in [-0.2, 0) is 11.3 Å². The van der Waals surface area contributed by atoms with E-state index in [1.807, 2.05) is 0 Å². The largest absolute Gasteiger partial charge is 0.423 e. The van der Waals surface area contributed by atoms with Crippen molar-refractivity contribution in [3.8, 4) is 5.75 Å². The first-order valence-corrected chi connectivity index (χ1v) is 11.5. The maximum Gasteiger partial charge on any atom is 0.345 e. The third kappa shape index (κ3) is 5.60. The Morgan fingerprint density at radius 3 is 2.39 bits per heavy atom. The van der Waals surface area contributed by atoms with Gasteiger partial charge in [-0.05, 0) is 71.4 Å². The molecule has 2 amide bonds. The SMILES string of the molecule is O=C(Oc1cccc(/C=C2\SC(=O)N(Cc3ccc(Cl)cc3)C2=O)c1)c1ccc(Cl)cc1Cl. The highest BCUT2D eigenvalue weighted by atomic mass is 35.5. The molecule has 1 aliphatic rings. The van der Waals surface area contributed by atoms with Gasteiger partial charge in [-0.15, -0.1) is 0 Å². The van der Waals surface area contributed by atoms with Crippen LogP contribution in [0, 0.1) is 0 Å². The standard InChI is InChI=1S/C24H14Cl3NO4S/c25-16-6-4-14(5-7-16)13-28-22(29)21(33-24(28)31)11-15-2-1-3-18(10-15)32-23(30)19-9-8-17(26)12-20(19)27/h1-12H,13H2/b21-11-. The van der Waals surface area contributed by atoms with Gasteiger partial charge in [-0.25, -0.2) is 4.79 Å². The van der Waals surface area contributed by atoms with Crippen molar-refractivity contribution in [2.45, 2.75) is 6.54 Å². The molecule has 1 fully saturated rings. The smallest absolute Gasteiger partial charge is 0.345 e. The fraction of sp³-hybridized carbons (Fsp3) is 0.0417. The van der Waals surface area contributed by atoms with E-state index in [2.05, 4.69) is 0 Å². The minimum absolute atomic E-state index is 0.151. The number of hydrogen-bond donors (Lipinski definition) is 0. The summed E-state index contributed by atoms with van der Waals surface area (Å²) >= 11 is 18.7. The topological polar surface area (TPSA) is 63.7 Å². The van der Waals surface area contributed by atoms with Gasteiger partial charge in [0.05, 0.1) is 22.0 Å². The summed E-state index contributed by atoms with van der Waals surface area (Å²) in [5.41, 5.74) is 1.56. The van der Waals surface area contributed by atoms with Gasteiger partial charge in [-0.1, -0.05) is 59.1 Å². The Hall–Kier alpha value is -2.77. The Balaban J connectivity index is 1.49. The lowest BCUT2D eigenvalue weighted by molar-refractivity contribution is -0.123. The van der Waals surface area contributed by atoms with Crippen molar-refractivity contribution in [3.05, 3.63) is 103 Å². The molecular weight excluding hydrogens is 505 g/mol. The average molecular weight is 519 g/mol. The quantitative estimate of drug-likeness (QED) is 0.205. The molecule has 0 saturated carbocycles. The van der Waals surface area contributed by atoms with E-state index >= 15 is 0 Å². The van der Waals surface area contributed by atoms with Crippen LogP contribution >= 0.6 is 46.6 Å². The molecule has 166 valence electrons. The predicted molar refractivity (Wildman–Crippen MR) is 131 cm³/mol. The van der Waals surface area contributed by atoms with Gasteiger partial charge in [0.1, 0.15) is 5.75 Å². The number of thioether (sulfide) groups is 1. The van der Waals surface area contributed by atoms with Crippen LogP contribution in [0.25, 0.3) is 6.08 Å². The fourth-order valence-electron chi connectivity index (χ4n) is 3.04. The van der Waals surface area contributed by atoms with Crippen LogP contribution in [0.5, 0.6) is 5.75 Å². The van der Waals surface area contributed by atoms with Crippen molar-refractivity contribution in [3.63, 3.8) is 0 Å². The lowest BCUT2D eigenvalue weighted by Crippen LogP contribution is -2.27. The van der Waals surface area contributed by atoms with Crippen LogP contribution in [0.3, 0.4) is 0 Å². The van der Waals surface area contributed by atoms with Crippen LogP contribution in [0.2, 0.25) is 15.1 Å². The monoisotopic (exact) mass is 517 g/mol. The molecule has 1 saturated heterocycles. The Morgan fingerprint density at radius 1 is 0.939 bits per heavy atom. The zero-order chi connectivity index (χ0) is 23.5. The second-order valence-electron chi connectivity index (χ2n) is 6.98. The van der Waals surface area contributed by atoms with E-state index in [0.29, 0.717) is 15.6 Å². The van der Waals surface area contributed by atoms with Gasteiger partial charge in [0, 0.05) is 10.0 Å². The minimum atomic E-state index is -0.642. The highest BCUT2D eigenvalue weighted by molar-refractivity contribution is 8.18. The van der Waals surface area contributed by atoms with Gasteiger partial charge >= 0.3 is 5.97 Å². The number of halogens is 3. The van der Waals surface area contributed by atoms with Crippen molar-refractivity contribution in [2.75, 3.05) is 0 Å². The number of esters is 1. The van der Waals surface area contributed by atoms with E-state index in [1.54, 1.807) is 60.7 Å². The van der Waals surface area contributed by atoms with Crippen molar-refractivity contribution < 1.29 is 19.1 Å². The Kier molecular flexibility index (Phi) is 7.10. The first-order valence-electron chi connectivity index (χ1n) is 9.57. The van der Waals surface area contributed by atoms with E-state index < -0.39 is 11.9 Å². The summed E-state index contributed by atoms with van der Waals surface area (Å²) < 4.78 is 5.41. The number of hydrogen-bond acceptors (Lipinski definition) is 5. The molecule has 0 bridgehead atoms. The lowest BCUT2D eigenvalue weighted by atomic mass is 10.2. The third-order valence-corrected chi connectivity index (χ3v) is 6.35. The lowest BCUT2D eigenvalue weighted by Gasteiger charge is -2.12. The molecular formula is C24H14Cl3NO4S.